The second-order valence-electron chi connectivity index (χ2n) is 5.62. The van der Waals surface area contributed by atoms with E-state index in [1.807, 2.05) is 26.0 Å². The van der Waals surface area contributed by atoms with Gasteiger partial charge in [-0.25, -0.2) is 4.79 Å². The molecule has 0 fully saturated rings. The Morgan fingerprint density at radius 3 is 2.12 bits per heavy atom. The minimum absolute atomic E-state index is 0.359. The highest BCUT2D eigenvalue weighted by molar-refractivity contribution is 7.26. The number of hydrogen-bond donors (Lipinski definition) is 0. The Hall–Kier alpha value is -2.66. The van der Waals surface area contributed by atoms with Crippen molar-refractivity contribution in [3.05, 3.63) is 47.5 Å². The molecule has 3 aromatic rings. The largest absolute Gasteiger partial charge is 0.428 e. The minimum atomic E-state index is -0.434. The van der Waals surface area contributed by atoms with Crippen molar-refractivity contribution < 1.29 is 19.1 Å². The van der Waals surface area contributed by atoms with Gasteiger partial charge in [-0.2, -0.15) is 0 Å². The highest BCUT2D eigenvalue weighted by Gasteiger charge is 2.16. The number of carbonyl (C=O) groups is 2. The number of thiophene rings is 1. The first-order chi connectivity index (χ1) is 11.4. The lowest BCUT2D eigenvalue weighted by Gasteiger charge is -2.07. The van der Waals surface area contributed by atoms with Crippen LogP contribution in [0, 0.1) is 13.8 Å². The van der Waals surface area contributed by atoms with Crippen molar-refractivity contribution in [2.75, 3.05) is 0 Å². The van der Waals surface area contributed by atoms with Gasteiger partial charge < -0.3 is 9.47 Å². The Labute approximate surface area is 143 Å². The van der Waals surface area contributed by atoms with Crippen LogP contribution in [-0.4, -0.2) is 12.4 Å². The molecule has 0 radical (unpaired) electrons. The molecule has 1 heterocycles. The second-order valence-corrected chi connectivity index (χ2v) is 6.64. The predicted octanol–water partition coefficient (Wildman–Crippen LogP) is 4.69. The molecule has 0 atom stereocenters. The Bertz CT molecular complexity index is 998. The summed E-state index contributed by atoms with van der Waals surface area (Å²) >= 11 is 1.59. The number of aryl methyl sites for hydroxylation is 2. The molecular weight excluding hydrogens is 324 g/mol. The monoisotopic (exact) mass is 340 g/mol. The van der Waals surface area contributed by atoms with Crippen molar-refractivity contribution >= 4 is 44.0 Å². The average molecular weight is 340 g/mol. The molecule has 0 saturated carbocycles. The average Bonchev–Trinajstić information content (AvgIpc) is 2.93. The normalized spacial score (nSPS) is 10.8. The maximum absolute atomic E-state index is 11.8. The van der Waals surface area contributed by atoms with Gasteiger partial charge in [-0.15, -0.1) is 11.3 Å². The van der Waals surface area contributed by atoms with E-state index in [9.17, 15) is 9.59 Å². The van der Waals surface area contributed by atoms with Crippen molar-refractivity contribution in [2.45, 2.75) is 20.8 Å². The maximum atomic E-state index is 11.8. The SMILES string of the molecule is C=C(C)C(=O)Oc1ccc2c(sc3c(C)c(OC=O)ccc32)c1C. The van der Waals surface area contributed by atoms with E-state index in [2.05, 4.69) is 6.58 Å². The molecule has 0 N–H and O–H groups in total. The van der Waals surface area contributed by atoms with Gasteiger partial charge >= 0.3 is 5.97 Å². The molecule has 0 bridgehead atoms. The Morgan fingerprint density at radius 2 is 1.58 bits per heavy atom. The van der Waals surface area contributed by atoms with E-state index in [0.717, 1.165) is 31.3 Å². The highest BCUT2D eigenvalue weighted by Crippen LogP contribution is 2.42. The van der Waals surface area contributed by atoms with Crippen LogP contribution in [-0.2, 0) is 9.59 Å². The third kappa shape index (κ3) is 2.57. The van der Waals surface area contributed by atoms with E-state index >= 15 is 0 Å². The van der Waals surface area contributed by atoms with Gasteiger partial charge in [-0.1, -0.05) is 6.58 Å². The first kappa shape index (κ1) is 16.2. The zero-order valence-corrected chi connectivity index (χ0v) is 14.5. The van der Waals surface area contributed by atoms with Gasteiger partial charge in [0.25, 0.3) is 6.47 Å². The van der Waals surface area contributed by atoms with Gasteiger partial charge in [0.05, 0.1) is 0 Å². The Kier molecular flexibility index (Phi) is 4.11. The summed E-state index contributed by atoms with van der Waals surface area (Å²) in [6.45, 7) is 9.51. The fraction of sp³-hybridized carbons (Fsp3) is 0.158. The van der Waals surface area contributed by atoms with Crippen LogP contribution >= 0.6 is 11.3 Å². The zero-order chi connectivity index (χ0) is 17.4. The molecule has 0 aliphatic rings. The molecule has 5 heteroatoms. The summed E-state index contributed by atoms with van der Waals surface area (Å²) in [5, 5.41) is 2.18. The fourth-order valence-corrected chi connectivity index (χ4v) is 3.90. The zero-order valence-electron chi connectivity index (χ0n) is 13.6. The minimum Gasteiger partial charge on any atom is -0.428 e. The first-order valence-corrected chi connectivity index (χ1v) is 8.19. The van der Waals surface area contributed by atoms with E-state index in [1.54, 1.807) is 30.4 Å². The van der Waals surface area contributed by atoms with Gasteiger partial charge in [0.2, 0.25) is 0 Å². The lowest BCUT2D eigenvalue weighted by Crippen LogP contribution is -2.08. The predicted molar refractivity (Wildman–Crippen MR) is 95.9 cm³/mol. The molecule has 0 aliphatic carbocycles. The summed E-state index contributed by atoms with van der Waals surface area (Å²) in [5.41, 5.74) is 2.18. The maximum Gasteiger partial charge on any atom is 0.338 e. The standard InChI is InChI=1S/C19H16O4S/c1-10(2)19(21)23-16-8-6-14-13-5-7-15(22-9-20)11(3)17(13)24-18(14)12(16)4/h5-9H,1H2,2-4H3. The van der Waals surface area contributed by atoms with E-state index < -0.39 is 5.97 Å². The molecule has 0 amide bonds. The number of fused-ring (bicyclic) bond motifs is 3. The number of esters is 1. The third-order valence-electron chi connectivity index (χ3n) is 3.93. The third-order valence-corrected chi connectivity index (χ3v) is 5.39. The number of carbonyl (C=O) groups excluding carboxylic acids is 2. The molecule has 0 aliphatic heterocycles. The lowest BCUT2D eigenvalue weighted by atomic mass is 10.1. The Balaban J connectivity index is 2.19. The summed E-state index contributed by atoms with van der Waals surface area (Å²) in [6, 6.07) is 7.49. The van der Waals surface area contributed by atoms with Gasteiger partial charge in [0.1, 0.15) is 11.5 Å². The number of ether oxygens (including phenoxy) is 2. The quantitative estimate of drug-likeness (QED) is 0.299. The van der Waals surface area contributed by atoms with E-state index in [4.69, 9.17) is 9.47 Å². The van der Waals surface area contributed by atoms with Crippen LogP contribution in [0.25, 0.3) is 20.2 Å². The van der Waals surface area contributed by atoms with Gasteiger partial charge in [-0.3, -0.25) is 4.79 Å². The summed E-state index contributed by atoms with van der Waals surface area (Å²) in [5.74, 6) is 0.649. The van der Waals surface area contributed by atoms with Gasteiger partial charge in [-0.05, 0) is 45.0 Å². The van der Waals surface area contributed by atoms with Crippen molar-refractivity contribution in [3.8, 4) is 11.5 Å². The van der Waals surface area contributed by atoms with Crippen LogP contribution in [0.15, 0.2) is 36.4 Å². The summed E-state index contributed by atoms with van der Waals surface area (Å²) in [6.07, 6.45) is 0. The molecule has 24 heavy (non-hydrogen) atoms. The van der Waals surface area contributed by atoms with Crippen LogP contribution in [0.2, 0.25) is 0 Å². The van der Waals surface area contributed by atoms with Crippen LogP contribution < -0.4 is 9.47 Å². The smallest absolute Gasteiger partial charge is 0.338 e. The lowest BCUT2D eigenvalue weighted by molar-refractivity contribution is -0.130. The van der Waals surface area contributed by atoms with Gasteiger partial charge in [0.15, 0.2) is 0 Å². The van der Waals surface area contributed by atoms with E-state index in [1.165, 1.54) is 0 Å². The molecule has 122 valence electrons. The summed E-state index contributed by atoms with van der Waals surface area (Å²) in [4.78, 5) is 22.4. The van der Waals surface area contributed by atoms with E-state index in [-0.39, 0.29) is 0 Å². The van der Waals surface area contributed by atoms with Crippen LogP contribution in [0.1, 0.15) is 18.1 Å². The molecule has 0 saturated heterocycles. The van der Waals surface area contributed by atoms with Crippen LogP contribution in [0.3, 0.4) is 0 Å². The van der Waals surface area contributed by atoms with Crippen LogP contribution in [0.4, 0.5) is 0 Å². The number of rotatable bonds is 4. The molecule has 1 aromatic heterocycles. The summed E-state index contributed by atoms with van der Waals surface area (Å²) in [7, 11) is 0. The Morgan fingerprint density at radius 1 is 1.04 bits per heavy atom. The van der Waals surface area contributed by atoms with Gasteiger partial charge in [0, 0.05) is 36.9 Å². The van der Waals surface area contributed by atoms with Crippen molar-refractivity contribution in [2.24, 2.45) is 0 Å². The fourth-order valence-electron chi connectivity index (χ4n) is 2.61. The van der Waals surface area contributed by atoms with Crippen molar-refractivity contribution in [1.82, 2.24) is 0 Å². The molecule has 0 unspecified atom stereocenters. The summed E-state index contributed by atoms with van der Waals surface area (Å²) < 4.78 is 12.5. The molecular formula is C19H16O4S. The topological polar surface area (TPSA) is 52.6 Å². The second kappa shape index (κ2) is 6.09. The molecule has 2 aromatic carbocycles. The number of benzene rings is 2. The van der Waals surface area contributed by atoms with Crippen LogP contribution in [0.5, 0.6) is 11.5 Å². The highest BCUT2D eigenvalue weighted by atomic mass is 32.1. The van der Waals surface area contributed by atoms with Crippen molar-refractivity contribution in [3.63, 3.8) is 0 Å². The molecule has 3 rings (SSSR count). The molecule has 4 nitrogen and oxygen atoms in total. The number of hydrogen-bond acceptors (Lipinski definition) is 5. The molecule has 0 spiro atoms. The van der Waals surface area contributed by atoms with E-state index in [0.29, 0.717) is 23.5 Å². The first-order valence-electron chi connectivity index (χ1n) is 7.37. The van der Waals surface area contributed by atoms with Crippen molar-refractivity contribution in [1.29, 1.82) is 0 Å².